The van der Waals surface area contributed by atoms with Crippen LogP contribution in [-0.4, -0.2) is 60.8 Å². The standard InChI is InChI=1S/C26H30FN3O4/c1-3-34-26(32)19-11-13-29(14-12-19)17-25(31)30-24(18-7-9-22(33-2)10-8-18)16-23(28-30)20-5-4-6-21(27)15-20/h4-10,15,19,24H,3,11-14,16-17H2,1-2H3/t24-/m0/s1. The summed E-state index contributed by atoms with van der Waals surface area (Å²) < 4.78 is 24.2. The SMILES string of the molecule is CCOC(=O)C1CCN(CC(=O)N2N=C(c3cccc(F)c3)C[C@H]2c2ccc(OC)cc2)CC1. The summed E-state index contributed by atoms with van der Waals surface area (Å²) in [6.07, 6.45) is 1.84. The number of piperidine rings is 1. The van der Waals surface area contributed by atoms with Gasteiger partial charge in [-0.1, -0.05) is 24.3 Å². The van der Waals surface area contributed by atoms with Crippen LogP contribution in [0.5, 0.6) is 5.75 Å². The summed E-state index contributed by atoms with van der Waals surface area (Å²) in [6, 6.07) is 13.6. The number of hydrazone groups is 1. The first-order valence-electron chi connectivity index (χ1n) is 11.7. The second kappa shape index (κ2) is 10.8. The Bertz CT molecular complexity index is 1050. The Morgan fingerprint density at radius 3 is 2.50 bits per heavy atom. The van der Waals surface area contributed by atoms with E-state index in [1.807, 2.05) is 24.3 Å². The molecule has 0 aromatic heterocycles. The number of benzene rings is 2. The Hall–Kier alpha value is -3.26. The highest BCUT2D eigenvalue weighted by Crippen LogP contribution is 2.34. The maximum absolute atomic E-state index is 13.8. The highest BCUT2D eigenvalue weighted by atomic mass is 19.1. The smallest absolute Gasteiger partial charge is 0.309 e. The van der Waals surface area contributed by atoms with Crippen molar-refractivity contribution in [2.45, 2.75) is 32.2 Å². The quantitative estimate of drug-likeness (QED) is 0.580. The van der Waals surface area contributed by atoms with Crippen LogP contribution in [-0.2, 0) is 14.3 Å². The van der Waals surface area contributed by atoms with Crippen molar-refractivity contribution in [3.8, 4) is 5.75 Å². The van der Waals surface area contributed by atoms with Crippen LogP contribution in [0.4, 0.5) is 4.39 Å². The maximum atomic E-state index is 13.8. The summed E-state index contributed by atoms with van der Waals surface area (Å²) in [5.41, 5.74) is 2.28. The largest absolute Gasteiger partial charge is 0.497 e. The van der Waals surface area contributed by atoms with Gasteiger partial charge in [0.25, 0.3) is 5.91 Å². The number of hydrogen-bond donors (Lipinski definition) is 0. The van der Waals surface area contributed by atoms with Gasteiger partial charge >= 0.3 is 5.97 Å². The predicted molar refractivity (Wildman–Crippen MR) is 126 cm³/mol. The van der Waals surface area contributed by atoms with Crippen LogP contribution in [0.15, 0.2) is 53.6 Å². The average molecular weight is 468 g/mol. The summed E-state index contributed by atoms with van der Waals surface area (Å²) in [7, 11) is 1.61. The number of amides is 1. The summed E-state index contributed by atoms with van der Waals surface area (Å²) in [5, 5.41) is 6.16. The molecule has 34 heavy (non-hydrogen) atoms. The molecule has 7 nitrogen and oxygen atoms in total. The Morgan fingerprint density at radius 2 is 1.85 bits per heavy atom. The molecule has 2 heterocycles. The van der Waals surface area contributed by atoms with Crippen molar-refractivity contribution in [1.29, 1.82) is 0 Å². The van der Waals surface area contributed by atoms with Crippen molar-refractivity contribution in [2.75, 3.05) is 33.4 Å². The first-order chi connectivity index (χ1) is 16.5. The van der Waals surface area contributed by atoms with E-state index >= 15 is 0 Å². The number of carbonyl (C=O) groups is 2. The fraction of sp³-hybridized carbons (Fsp3) is 0.423. The van der Waals surface area contributed by atoms with Crippen LogP contribution in [0.3, 0.4) is 0 Å². The molecule has 2 aliphatic rings. The molecule has 180 valence electrons. The van der Waals surface area contributed by atoms with Crippen LogP contribution in [0, 0.1) is 11.7 Å². The highest BCUT2D eigenvalue weighted by Gasteiger charge is 2.35. The van der Waals surface area contributed by atoms with Crippen LogP contribution in [0.1, 0.15) is 43.4 Å². The van der Waals surface area contributed by atoms with E-state index in [9.17, 15) is 14.0 Å². The number of nitrogens with zero attached hydrogens (tertiary/aromatic N) is 3. The number of rotatable bonds is 7. The number of esters is 1. The van der Waals surface area contributed by atoms with E-state index in [1.54, 1.807) is 26.2 Å². The highest BCUT2D eigenvalue weighted by molar-refractivity contribution is 6.03. The van der Waals surface area contributed by atoms with Crippen molar-refractivity contribution in [3.05, 3.63) is 65.5 Å². The second-order valence-electron chi connectivity index (χ2n) is 8.59. The zero-order valence-corrected chi connectivity index (χ0v) is 19.6. The lowest BCUT2D eigenvalue weighted by molar-refractivity contribution is -0.149. The van der Waals surface area contributed by atoms with Gasteiger partial charge in [0, 0.05) is 12.0 Å². The minimum absolute atomic E-state index is 0.109. The minimum Gasteiger partial charge on any atom is -0.497 e. The van der Waals surface area contributed by atoms with Crippen LogP contribution < -0.4 is 4.74 Å². The second-order valence-corrected chi connectivity index (χ2v) is 8.59. The maximum Gasteiger partial charge on any atom is 0.309 e. The lowest BCUT2D eigenvalue weighted by Crippen LogP contribution is -2.43. The number of carbonyl (C=O) groups excluding carboxylic acids is 2. The lowest BCUT2D eigenvalue weighted by atomic mass is 9.97. The Balaban J connectivity index is 1.49. The van der Waals surface area contributed by atoms with Gasteiger partial charge in [-0.3, -0.25) is 14.5 Å². The lowest BCUT2D eigenvalue weighted by Gasteiger charge is -2.32. The molecule has 0 aliphatic carbocycles. The van der Waals surface area contributed by atoms with Gasteiger partial charge in [0.2, 0.25) is 0 Å². The molecule has 0 saturated carbocycles. The van der Waals surface area contributed by atoms with Gasteiger partial charge in [0.15, 0.2) is 0 Å². The number of halogens is 1. The molecule has 1 fully saturated rings. The summed E-state index contributed by atoms with van der Waals surface area (Å²) in [5.74, 6) is 0.00674. The van der Waals surface area contributed by atoms with Gasteiger partial charge in [0.05, 0.1) is 37.9 Å². The molecule has 2 aromatic rings. The molecular weight excluding hydrogens is 437 g/mol. The normalized spacial score (nSPS) is 19.1. The van der Waals surface area contributed by atoms with E-state index in [-0.39, 0.29) is 36.2 Å². The zero-order valence-electron chi connectivity index (χ0n) is 19.6. The van der Waals surface area contributed by atoms with Crippen molar-refractivity contribution >= 4 is 17.6 Å². The summed E-state index contributed by atoms with van der Waals surface area (Å²) in [6.45, 7) is 3.69. The molecule has 2 aliphatic heterocycles. The van der Waals surface area contributed by atoms with Gasteiger partial charge in [-0.25, -0.2) is 9.40 Å². The van der Waals surface area contributed by atoms with E-state index in [2.05, 4.69) is 10.0 Å². The molecule has 4 rings (SSSR count). The molecular formula is C26H30FN3O4. The van der Waals surface area contributed by atoms with Gasteiger partial charge in [-0.05, 0) is 62.7 Å². The summed E-state index contributed by atoms with van der Waals surface area (Å²) >= 11 is 0. The first kappa shape index (κ1) is 23.9. The fourth-order valence-electron chi connectivity index (χ4n) is 4.52. The van der Waals surface area contributed by atoms with Crippen LogP contribution in [0.25, 0.3) is 0 Å². The van der Waals surface area contributed by atoms with Crippen LogP contribution in [0.2, 0.25) is 0 Å². The van der Waals surface area contributed by atoms with Crippen molar-refractivity contribution in [2.24, 2.45) is 11.0 Å². The molecule has 0 spiro atoms. The molecule has 0 unspecified atom stereocenters. The van der Waals surface area contributed by atoms with Crippen molar-refractivity contribution < 1.29 is 23.5 Å². The van der Waals surface area contributed by atoms with E-state index in [0.717, 1.165) is 11.3 Å². The van der Waals surface area contributed by atoms with Gasteiger partial charge in [-0.15, -0.1) is 0 Å². The molecule has 2 aromatic carbocycles. The number of hydrogen-bond acceptors (Lipinski definition) is 6. The van der Waals surface area contributed by atoms with Crippen LogP contribution >= 0.6 is 0 Å². The molecule has 0 bridgehead atoms. The number of likely N-dealkylation sites (tertiary alicyclic amines) is 1. The average Bonchev–Trinajstić information content (AvgIpc) is 3.30. The van der Waals surface area contributed by atoms with E-state index in [1.165, 1.54) is 17.1 Å². The third-order valence-electron chi connectivity index (χ3n) is 6.39. The molecule has 0 N–H and O–H groups in total. The van der Waals surface area contributed by atoms with E-state index in [4.69, 9.17) is 9.47 Å². The van der Waals surface area contributed by atoms with Gasteiger partial charge in [0.1, 0.15) is 11.6 Å². The van der Waals surface area contributed by atoms with Gasteiger partial charge < -0.3 is 9.47 Å². The third-order valence-corrected chi connectivity index (χ3v) is 6.39. The van der Waals surface area contributed by atoms with E-state index < -0.39 is 0 Å². The zero-order chi connectivity index (χ0) is 24.1. The third kappa shape index (κ3) is 5.44. The molecule has 8 heteroatoms. The Kier molecular flexibility index (Phi) is 7.57. The van der Waals surface area contributed by atoms with E-state index in [0.29, 0.717) is 50.2 Å². The fourth-order valence-corrected chi connectivity index (χ4v) is 4.52. The molecule has 1 amide bonds. The minimum atomic E-state index is -0.338. The predicted octanol–water partition coefficient (Wildman–Crippen LogP) is 3.79. The number of ether oxygens (including phenoxy) is 2. The Morgan fingerprint density at radius 1 is 1.12 bits per heavy atom. The van der Waals surface area contributed by atoms with Gasteiger partial charge in [-0.2, -0.15) is 5.10 Å². The molecule has 1 saturated heterocycles. The van der Waals surface area contributed by atoms with Crippen molar-refractivity contribution in [3.63, 3.8) is 0 Å². The van der Waals surface area contributed by atoms with Crippen molar-refractivity contribution in [1.82, 2.24) is 9.91 Å². The Labute approximate surface area is 199 Å². The topological polar surface area (TPSA) is 71.4 Å². The summed E-state index contributed by atoms with van der Waals surface area (Å²) in [4.78, 5) is 27.4. The number of methoxy groups -OCH3 is 1. The first-order valence-corrected chi connectivity index (χ1v) is 11.7. The molecule has 1 atom stereocenters. The monoisotopic (exact) mass is 467 g/mol. The molecule has 0 radical (unpaired) electrons.